The Labute approximate surface area is 82.1 Å². The minimum Gasteiger partial charge on any atom is -0.0594 e. The van der Waals surface area contributed by atoms with Crippen LogP contribution in [-0.4, -0.2) is 0 Å². The van der Waals surface area contributed by atoms with Gasteiger partial charge in [-0.3, -0.25) is 0 Å². The van der Waals surface area contributed by atoms with Crippen LogP contribution in [0, 0.1) is 23.2 Å². The highest BCUT2D eigenvalue weighted by atomic mass is 14.5. The Hall–Kier alpha value is 0. The highest BCUT2D eigenvalue weighted by Crippen LogP contribution is 2.57. The summed E-state index contributed by atoms with van der Waals surface area (Å²) >= 11 is 0. The standard InChI is InChI=1S/C13H22/c1-13(12-4-5-12)7-6-11(9-13)8-10-2-3-10/h10-12H,2-9H2,1H3. The smallest absolute Gasteiger partial charge is 0.0295 e. The van der Waals surface area contributed by atoms with E-state index in [1.807, 2.05) is 0 Å². The second kappa shape index (κ2) is 2.74. The van der Waals surface area contributed by atoms with E-state index in [1.165, 1.54) is 0 Å². The molecule has 0 spiro atoms. The summed E-state index contributed by atoms with van der Waals surface area (Å²) in [5.74, 6) is 3.42. The second-order valence-electron chi connectivity index (χ2n) is 6.22. The van der Waals surface area contributed by atoms with Gasteiger partial charge in [0.25, 0.3) is 0 Å². The second-order valence-corrected chi connectivity index (χ2v) is 6.22. The van der Waals surface area contributed by atoms with Crippen molar-refractivity contribution in [2.24, 2.45) is 23.2 Å². The molecule has 0 amide bonds. The van der Waals surface area contributed by atoms with Crippen molar-refractivity contribution in [1.82, 2.24) is 0 Å². The van der Waals surface area contributed by atoms with Gasteiger partial charge in [-0.15, -0.1) is 0 Å². The third kappa shape index (κ3) is 1.65. The molecule has 0 aromatic carbocycles. The molecule has 0 radical (unpaired) electrons. The largest absolute Gasteiger partial charge is 0.0594 e. The number of rotatable bonds is 3. The van der Waals surface area contributed by atoms with Crippen molar-refractivity contribution in [3.63, 3.8) is 0 Å². The summed E-state index contributed by atoms with van der Waals surface area (Å²) in [6.07, 6.45) is 12.5. The van der Waals surface area contributed by atoms with Gasteiger partial charge in [0.15, 0.2) is 0 Å². The van der Waals surface area contributed by atoms with E-state index in [-0.39, 0.29) is 0 Å². The summed E-state index contributed by atoms with van der Waals surface area (Å²) in [7, 11) is 0. The molecule has 3 aliphatic rings. The summed E-state index contributed by atoms with van der Waals surface area (Å²) < 4.78 is 0. The summed E-state index contributed by atoms with van der Waals surface area (Å²) in [4.78, 5) is 0. The predicted octanol–water partition coefficient (Wildman–Crippen LogP) is 4.00. The van der Waals surface area contributed by atoms with Gasteiger partial charge in [-0.05, 0) is 61.7 Å². The maximum Gasteiger partial charge on any atom is -0.0295 e. The van der Waals surface area contributed by atoms with Gasteiger partial charge in [0.05, 0.1) is 0 Å². The molecule has 0 saturated heterocycles. The fraction of sp³-hybridized carbons (Fsp3) is 1.00. The molecule has 0 N–H and O–H groups in total. The van der Waals surface area contributed by atoms with Gasteiger partial charge in [0, 0.05) is 0 Å². The van der Waals surface area contributed by atoms with E-state index in [1.54, 1.807) is 51.4 Å². The minimum atomic E-state index is 0.791. The highest BCUT2D eigenvalue weighted by molar-refractivity contribution is 4.97. The molecule has 74 valence electrons. The zero-order chi connectivity index (χ0) is 8.89. The van der Waals surface area contributed by atoms with Crippen LogP contribution in [0.1, 0.15) is 58.3 Å². The van der Waals surface area contributed by atoms with Crippen molar-refractivity contribution in [2.75, 3.05) is 0 Å². The topological polar surface area (TPSA) is 0 Å². The molecule has 3 aliphatic carbocycles. The zero-order valence-corrected chi connectivity index (χ0v) is 8.89. The van der Waals surface area contributed by atoms with Crippen molar-refractivity contribution in [3.05, 3.63) is 0 Å². The van der Waals surface area contributed by atoms with Gasteiger partial charge in [0.2, 0.25) is 0 Å². The fourth-order valence-electron chi connectivity index (χ4n) is 3.57. The molecule has 0 aliphatic heterocycles. The van der Waals surface area contributed by atoms with Crippen molar-refractivity contribution < 1.29 is 0 Å². The van der Waals surface area contributed by atoms with Crippen LogP contribution in [0.25, 0.3) is 0 Å². The number of hydrogen-bond donors (Lipinski definition) is 0. The first-order valence-corrected chi connectivity index (χ1v) is 6.26. The van der Waals surface area contributed by atoms with Gasteiger partial charge < -0.3 is 0 Å². The molecule has 2 atom stereocenters. The van der Waals surface area contributed by atoms with E-state index in [0.717, 1.165) is 23.2 Å². The van der Waals surface area contributed by atoms with E-state index < -0.39 is 0 Å². The van der Waals surface area contributed by atoms with Crippen LogP contribution in [-0.2, 0) is 0 Å². The van der Waals surface area contributed by atoms with Crippen LogP contribution in [0.15, 0.2) is 0 Å². The normalized spacial score (nSPS) is 45.5. The predicted molar refractivity (Wildman–Crippen MR) is 55.5 cm³/mol. The monoisotopic (exact) mass is 178 g/mol. The lowest BCUT2D eigenvalue weighted by Gasteiger charge is -2.23. The van der Waals surface area contributed by atoms with Crippen molar-refractivity contribution in [1.29, 1.82) is 0 Å². The van der Waals surface area contributed by atoms with Crippen LogP contribution in [0.5, 0.6) is 0 Å². The molecule has 0 heteroatoms. The van der Waals surface area contributed by atoms with Crippen LogP contribution in [0.3, 0.4) is 0 Å². The average Bonchev–Trinajstić information content (AvgIpc) is 2.94. The third-order valence-corrected chi connectivity index (χ3v) is 4.81. The Morgan fingerprint density at radius 1 is 1.00 bits per heavy atom. The highest BCUT2D eigenvalue weighted by Gasteiger charge is 2.46. The minimum absolute atomic E-state index is 0.791. The van der Waals surface area contributed by atoms with Crippen LogP contribution >= 0.6 is 0 Å². The first-order valence-electron chi connectivity index (χ1n) is 6.26. The van der Waals surface area contributed by atoms with Crippen LogP contribution in [0.2, 0.25) is 0 Å². The fourth-order valence-corrected chi connectivity index (χ4v) is 3.57. The Balaban J connectivity index is 1.56. The lowest BCUT2D eigenvalue weighted by atomic mass is 9.82. The summed E-state index contributed by atoms with van der Waals surface area (Å²) in [5.41, 5.74) is 0.791. The van der Waals surface area contributed by atoms with E-state index in [0.29, 0.717) is 0 Å². The molecule has 3 rings (SSSR count). The van der Waals surface area contributed by atoms with Gasteiger partial charge >= 0.3 is 0 Å². The third-order valence-electron chi connectivity index (χ3n) is 4.81. The Morgan fingerprint density at radius 3 is 2.38 bits per heavy atom. The van der Waals surface area contributed by atoms with E-state index in [4.69, 9.17) is 0 Å². The first kappa shape index (κ1) is 8.32. The molecular formula is C13H22. The Bertz CT molecular complexity index is 200. The van der Waals surface area contributed by atoms with E-state index >= 15 is 0 Å². The van der Waals surface area contributed by atoms with Gasteiger partial charge in [-0.1, -0.05) is 19.8 Å². The van der Waals surface area contributed by atoms with Gasteiger partial charge in [-0.2, -0.15) is 0 Å². The molecule has 0 heterocycles. The van der Waals surface area contributed by atoms with Gasteiger partial charge in [0.1, 0.15) is 0 Å². The molecule has 0 nitrogen and oxygen atoms in total. The average molecular weight is 178 g/mol. The molecule has 0 bridgehead atoms. The Kier molecular flexibility index (Phi) is 1.76. The first-order chi connectivity index (χ1) is 6.26. The lowest BCUT2D eigenvalue weighted by molar-refractivity contribution is 0.266. The van der Waals surface area contributed by atoms with Gasteiger partial charge in [-0.25, -0.2) is 0 Å². The van der Waals surface area contributed by atoms with Crippen molar-refractivity contribution in [3.8, 4) is 0 Å². The lowest BCUT2D eigenvalue weighted by Crippen LogP contribution is -2.14. The molecular weight excluding hydrogens is 156 g/mol. The molecule has 3 fully saturated rings. The Morgan fingerprint density at radius 2 is 1.77 bits per heavy atom. The summed E-state index contributed by atoms with van der Waals surface area (Å²) in [6.45, 7) is 2.57. The summed E-state index contributed by atoms with van der Waals surface area (Å²) in [6, 6.07) is 0. The molecule has 3 saturated carbocycles. The van der Waals surface area contributed by atoms with Crippen LogP contribution < -0.4 is 0 Å². The number of hydrogen-bond acceptors (Lipinski definition) is 0. The SMILES string of the molecule is CC1(C2CC2)CCC(CC2CC2)C1. The molecule has 13 heavy (non-hydrogen) atoms. The summed E-state index contributed by atoms with van der Waals surface area (Å²) in [5, 5.41) is 0. The van der Waals surface area contributed by atoms with E-state index in [9.17, 15) is 0 Å². The zero-order valence-electron chi connectivity index (χ0n) is 8.89. The molecule has 0 aromatic rings. The molecule has 0 aromatic heterocycles. The van der Waals surface area contributed by atoms with Crippen molar-refractivity contribution >= 4 is 0 Å². The van der Waals surface area contributed by atoms with Crippen LogP contribution in [0.4, 0.5) is 0 Å². The maximum absolute atomic E-state index is 2.57. The van der Waals surface area contributed by atoms with Crippen molar-refractivity contribution in [2.45, 2.75) is 58.3 Å². The van der Waals surface area contributed by atoms with E-state index in [2.05, 4.69) is 6.92 Å². The quantitative estimate of drug-likeness (QED) is 0.612. The maximum atomic E-state index is 2.57. The molecule has 2 unspecified atom stereocenters.